The minimum atomic E-state index is -1.05. The van der Waals surface area contributed by atoms with Gasteiger partial charge in [-0.05, 0) is 64.9 Å². The standard InChI is InChI=1S/C17H29FO2/c1-6-20-17(19)12-15(5)16(18)11-10-14(4)9-7-8-13(2)3/h8,12,14,16H,6-7,9-11H2,1-5H3/b15-12+/t14-,16-/m0/s1. The summed E-state index contributed by atoms with van der Waals surface area (Å²) in [6.45, 7) is 10.0. The normalized spacial score (nSPS) is 14.6. The molecule has 0 aromatic carbocycles. The lowest BCUT2D eigenvalue weighted by atomic mass is 9.96. The van der Waals surface area contributed by atoms with Gasteiger partial charge in [-0.2, -0.15) is 0 Å². The summed E-state index contributed by atoms with van der Waals surface area (Å²) < 4.78 is 18.7. The van der Waals surface area contributed by atoms with Crippen molar-refractivity contribution in [1.29, 1.82) is 0 Å². The molecule has 0 aromatic heterocycles. The van der Waals surface area contributed by atoms with Crippen molar-refractivity contribution in [2.75, 3.05) is 6.61 Å². The minimum absolute atomic E-state index is 0.320. The van der Waals surface area contributed by atoms with Gasteiger partial charge >= 0.3 is 5.97 Å². The molecule has 20 heavy (non-hydrogen) atoms. The van der Waals surface area contributed by atoms with E-state index in [-0.39, 0.29) is 0 Å². The van der Waals surface area contributed by atoms with Gasteiger partial charge in [0.2, 0.25) is 0 Å². The average molecular weight is 284 g/mol. The van der Waals surface area contributed by atoms with Crippen LogP contribution in [0.1, 0.15) is 60.3 Å². The molecule has 0 saturated heterocycles. The zero-order chi connectivity index (χ0) is 15.5. The van der Waals surface area contributed by atoms with E-state index in [0.29, 0.717) is 24.5 Å². The minimum Gasteiger partial charge on any atom is -0.463 e. The lowest BCUT2D eigenvalue weighted by molar-refractivity contribution is -0.137. The van der Waals surface area contributed by atoms with E-state index in [1.54, 1.807) is 13.8 Å². The Morgan fingerprint density at radius 3 is 2.40 bits per heavy atom. The summed E-state index contributed by atoms with van der Waals surface area (Å²) >= 11 is 0. The molecule has 2 atom stereocenters. The maximum absolute atomic E-state index is 13.9. The predicted molar refractivity (Wildman–Crippen MR) is 82.3 cm³/mol. The number of allylic oxidation sites excluding steroid dienone is 3. The summed E-state index contributed by atoms with van der Waals surface area (Å²) in [4.78, 5) is 11.2. The third-order valence-corrected chi connectivity index (χ3v) is 3.25. The van der Waals surface area contributed by atoms with Crippen LogP contribution in [-0.2, 0) is 9.53 Å². The van der Waals surface area contributed by atoms with Gasteiger partial charge in [-0.25, -0.2) is 9.18 Å². The van der Waals surface area contributed by atoms with Crippen molar-refractivity contribution in [2.24, 2.45) is 5.92 Å². The van der Waals surface area contributed by atoms with Crippen LogP contribution < -0.4 is 0 Å². The van der Waals surface area contributed by atoms with Crippen molar-refractivity contribution in [3.8, 4) is 0 Å². The first-order valence-corrected chi connectivity index (χ1v) is 7.49. The van der Waals surface area contributed by atoms with Gasteiger partial charge in [0.15, 0.2) is 0 Å². The predicted octanol–water partition coefficient (Wildman–Crippen LogP) is 5.00. The fourth-order valence-corrected chi connectivity index (χ4v) is 1.92. The summed E-state index contributed by atoms with van der Waals surface area (Å²) in [7, 11) is 0. The number of alkyl halides is 1. The third-order valence-electron chi connectivity index (χ3n) is 3.25. The Balaban J connectivity index is 4.05. The first kappa shape index (κ1) is 18.9. The Morgan fingerprint density at radius 1 is 1.20 bits per heavy atom. The Bertz CT molecular complexity index is 341. The van der Waals surface area contributed by atoms with E-state index in [0.717, 1.165) is 19.3 Å². The van der Waals surface area contributed by atoms with E-state index in [9.17, 15) is 9.18 Å². The number of halogens is 1. The van der Waals surface area contributed by atoms with Crippen molar-refractivity contribution >= 4 is 5.97 Å². The van der Waals surface area contributed by atoms with E-state index in [1.807, 2.05) is 0 Å². The summed E-state index contributed by atoms with van der Waals surface area (Å²) in [6, 6.07) is 0. The lowest BCUT2D eigenvalue weighted by Crippen LogP contribution is -2.08. The Kier molecular flexibility index (Phi) is 10.0. The van der Waals surface area contributed by atoms with Gasteiger partial charge in [0.05, 0.1) is 6.61 Å². The number of esters is 1. The van der Waals surface area contributed by atoms with Gasteiger partial charge in [0.1, 0.15) is 6.17 Å². The zero-order valence-electron chi connectivity index (χ0n) is 13.5. The van der Waals surface area contributed by atoms with E-state index in [1.165, 1.54) is 11.6 Å². The summed E-state index contributed by atoms with van der Waals surface area (Å²) in [5, 5.41) is 0. The highest BCUT2D eigenvalue weighted by Crippen LogP contribution is 2.20. The van der Waals surface area contributed by atoms with Crippen LogP contribution in [0, 0.1) is 5.92 Å². The second-order valence-corrected chi connectivity index (χ2v) is 5.65. The molecule has 0 aliphatic rings. The molecule has 0 radical (unpaired) electrons. The van der Waals surface area contributed by atoms with Crippen LogP contribution in [0.2, 0.25) is 0 Å². The maximum Gasteiger partial charge on any atom is 0.330 e. The Labute approximate surface area is 123 Å². The molecule has 116 valence electrons. The van der Waals surface area contributed by atoms with E-state index < -0.39 is 12.1 Å². The second kappa shape index (κ2) is 10.6. The molecule has 0 bridgehead atoms. The van der Waals surface area contributed by atoms with Gasteiger partial charge in [-0.3, -0.25) is 0 Å². The van der Waals surface area contributed by atoms with Gasteiger partial charge in [-0.15, -0.1) is 0 Å². The van der Waals surface area contributed by atoms with Gasteiger partial charge < -0.3 is 4.74 Å². The van der Waals surface area contributed by atoms with Gasteiger partial charge in [-0.1, -0.05) is 18.6 Å². The molecular weight excluding hydrogens is 255 g/mol. The maximum atomic E-state index is 13.9. The second-order valence-electron chi connectivity index (χ2n) is 5.65. The van der Waals surface area contributed by atoms with Crippen LogP contribution in [-0.4, -0.2) is 18.7 Å². The van der Waals surface area contributed by atoms with E-state index >= 15 is 0 Å². The summed E-state index contributed by atoms with van der Waals surface area (Å²) in [5.41, 5.74) is 1.79. The van der Waals surface area contributed by atoms with Crippen molar-refractivity contribution in [1.82, 2.24) is 0 Å². The van der Waals surface area contributed by atoms with Crippen LogP contribution in [0.25, 0.3) is 0 Å². The molecule has 0 amide bonds. The molecule has 3 heteroatoms. The first-order valence-electron chi connectivity index (χ1n) is 7.49. The van der Waals surface area contributed by atoms with Crippen LogP contribution in [0.3, 0.4) is 0 Å². The van der Waals surface area contributed by atoms with Gasteiger partial charge in [0.25, 0.3) is 0 Å². The summed E-state index contributed by atoms with van der Waals surface area (Å²) in [6.07, 6.45) is 5.88. The molecular formula is C17H29FO2. The van der Waals surface area contributed by atoms with Crippen LogP contribution >= 0.6 is 0 Å². The van der Waals surface area contributed by atoms with Crippen LogP contribution in [0.4, 0.5) is 4.39 Å². The van der Waals surface area contributed by atoms with E-state index in [4.69, 9.17) is 4.74 Å². The molecule has 0 unspecified atom stereocenters. The molecule has 0 fully saturated rings. The highest BCUT2D eigenvalue weighted by atomic mass is 19.1. The average Bonchev–Trinajstić information content (AvgIpc) is 2.35. The molecule has 0 N–H and O–H groups in total. The van der Waals surface area contributed by atoms with Crippen molar-refractivity contribution in [3.63, 3.8) is 0 Å². The molecule has 0 spiro atoms. The van der Waals surface area contributed by atoms with Crippen molar-refractivity contribution in [2.45, 2.75) is 66.5 Å². The molecule has 0 aromatic rings. The third kappa shape index (κ3) is 9.76. The lowest BCUT2D eigenvalue weighted by Gasteiger charge is -2.13. The van der Waals surface area contributed by atoms with Crippen LogP contribution in [0.5, 0.6) is 0 Å². The number of hydrogen-bond donors (Lipinski definition) is 0. The molecule has 0 rings (SSSR count). The van der Waals surface area contributed by atoms with E-state index in [2.05, 4.69) is 26.8 Å². The highest BCUT2D eigenvalue weighted by molar-refractivity contribution is 5.82. The smallest absolute Gasteiger partial charge is 0.330 e. The van der Waals surface area contributed by atoms with Crippen LogP contribution in [0.15, 0.2) is 23.3 Å². The molecule has 0 heterocycles. The van der Waals surface area contributed by atoms with Crippen molar-refractivity contribution in [3.05, 3.63) is 23.3 Å². The molecule has 0 aliphatic carbocycles. The Hall–Kier alpha value is -1.12. The number of carbonyl (C=O) groups is 1. The largest absolute Gasteiger partial charge is 0.463 e. The number of carbonyl (C=O) groups excluding carboxylic acids is 1. The fourth-order valence-electron chi connectivity index (χ4n) is 1.92. The SMILES string of the molecule is CCOC(=O)/C=C(\C)[C@@H](F)CC[C@@H](C)CCC=C(C)C. The molecule has 0 aliphatic heterocycles. The van der Waals surface area contributed by atoms with Crippen molar-refractivity contribution < 1.29 is 13.9 Å². The highest BCUT2D eigenvalue weighted by Gasteiger charge is 2.12. The number of ether oxygens (including phenoxy) is 1. The topological polar surface area (TPSA) is 26.3 Å². The zero-order valence-corrected chi connectivity index (χ0v) is 13.5. The number of hydrogen-bond acceptors (Lipinski definition) is 2. The monoisotopic (exact) mass is 284 g/mol. The van der Waals surface area contributed by atoms with Gasteiger partial charge in [0, 0.05) is 6.08 Å². The fraction of sp³-hybridized carbons (Fsp3) is 0.706. The summed E-state index contributed by atoms with van der Waals surface area (Å²) in [5.74, 6) is 0.0449. The quantitative estimate of drug-likeness (QED) is 0.338. The Morgan fingerprint density at radius 2 is 1.85 bits per heavy atom. The first-order chi connectivity index (χ1) is 9.36. The number of rotatable bonds is 9. The molecule has 0 saturated carbocycles. The molecule has 2 nitrogen and oxygen atoms in total.